The van der Waals surface area contributed by atoms with Crippen molar-refractivity contribution in [1.82, 2.24) is 15.2 Å². The number of carbonyl (C=O) groups excluding carboxylic acids is 1. The van der Waals surface area contributed by atoms with E-state index in [0.29, 0.717) is 6.61 Å². The van der Waals surface area contributed by atoms with Gasteiger partial charge in [0.1, 0.15) is 6.04 Å². The van der Waals surface area contributed by atoms with Crippen LogP contribution in [0.1, 0.15) is 24.3 Å². The molecule has 6 heteroatoms. The number of nitrogens with one attached hydrogen (secondary N) is 1. The normalized spacial score (nSPS) is 19.2. The molecule has 1 aliphatic heterocycles. The predicted molar refractivity (Wildman–Crippen MR) is 70.5 cm³/mol. The molecule has 0 radical (unpaired) electrons. The molecule has 0 spiro atoms. The third-order valence-corrected chi connectivity index (χ3v) is 3.80. The summed E-state index contributed by atoms with van der Waals surface area (Å²) in [4.78, 5) is 19.4. The molecule has 0 aliphatic carbocycles. The van der Waals surface area contributed by atoms with E-state index in [1.54, 1.807) is 11.7 Å². The minimum absolute atomic E-state index is 0.163. The van der Waals surface area contributed by atoms with Gasteiger partial charge in [-0.05, 0) is 19.9 Å². The van der Waals surface area contributed by atoms with Gasteiger partial charge < -0.3 is 10.1 Å². The molecule has 18 heavy (non-hydrogen) atoms. The summed E-state index contributed by atoms with van der Waals surface area (Å²) in [6.45, 7) is 5.95. The number of nitrogens with zero attached hydrogens (tertiary/aromatic N) is 2. The SMILES string of the molecule is CCOC(=O)C(c1cncs1)N1CCCNCC1. The Bertz CT molecular complexity index is 361. The number of rotatable bonds is 4. The summed E-state index contributed by atoms with van der Waals surface area (Å²) in [5, 5.41) is 3.34. The number of carbonyl (C=O) groups is 1. The van der Waals surface area contributed by atoms with Crippen LogP contribution in [-0.4, -0.2) is 48.6 Å². The van der Waals surface area contributed by atoms with Crippen molar-refractivity contribution in [2.24, 2.45) is 0 Å². The fraction of sp³-hybridized carbons (Fsp3) is 0.667. The first kappa shape index (κ1) is 13.5. The highest BCUT2D eigenvalue weighted by atomic mass is 32.1. The number of hydrogen-bond acceptors (Lipinski definition) is 6. The van der Waals surface area contributed by atoms with Crippen molar-refractivity contribution in [3.63, 3.8) is 0 Å². The van der Waals surface area contributed by atoms with Crippen LogP contribution in [0.4, 0.5) is 0 Å². The van der Waals surface area contributed by atoms with Crippen molar-refractivity contribution in [1.29, 1.82) is 0 Å². The van der Waals surface area contributed by atoms with Gasteiger partial charge in [-0.25, -0.2) is 4.79 Å². The molecule has 1 aromatic rings. The maximum absolute atomic E-state index is 12.1. The van der Waals surface area contributed by atoms with Crippen LogP contribution >= 0.6 is 11.3 Å². The van der Waals surface area contributed by atoms with Crippen molar-refractivity contribution < 1.29 is 9.53 Å². The van der Waals surface area contributed by atoms with Crippen LogP contribution in [0, 0.1) is 0 Å². The van der Waals surface area contributed by atoms with Crippen LogP contribution in [-0.2, 0) is 9.53 Å². The van der Waals surface area contributed by atoms with E-state index in [9.17, 15) is 4.79 Å². The van der Waals surface area contributed by atoms with E-state index in [0.717, 1.165) is 37.5 Å². The van der Waals surface area contributed by atoms with Gasteiger partial charge in [0.25, 0.3) is 0 Å². The van der Waals surface area contributed by atoms with Crippen molar-refractivity contribution in [2.75, 3.05) is 32.8 Å². The van der Waals surface area contributed by atoms with Gasteiger partial charge in [0.2, 0.25) is 0 Å². The standard InChI is InChI=1S/C12H19N3O2S/c1-2-17-12(16)11(10-8-14-9-18-10)15-6-3-4-13-5-7-15/h8-9,11,13H,2-7H2,1H3. The lowest BCUT2D eigenvalue weighted by molar-refractivity contribution is -0.149. The fourth-order valence-corrected chi connectivity index (χ4v) is 2.89. The minimum Gasteiger partial charge on any atom is -0.465 e. The molecule has 1 saturated heterocycles. The molecule has 100 valence electrons. The Morgan fingerprint density at radius 1 is 1.61 bits per heavy atom. The zero-order valence-corrected chi connectivity index (χ0v) is 11.4. The zero-order valence-electron chi connectivity index (χ0n) is 10.6. The van der Waals surface area contributed by atoms with E-state index in [1.807, 2.05) is 6.92 Å². The molecule has 0 amide bonds. The Hall–Kier alpha value is -0.980. The van der Waals surface area contributed by atoms with Crippen molar-refractivity contribution >= 4 is 17.3 Å². The fourth-order valence-electron chi connectivity index (χ4n) is 2.15. The highest BCUT2D eigenvalue weighted by Gasteiger charge is 2.30. The van der Waals surface area contributed by atoms with Gasteiger partial charge in [-0.2, -0.15) is 0 Å². The molecule has 5 nitrogen and oxygen atoms in total. The molecule has 0 aromatic carbocycles. The monoisotopic (exact) mass is 269 g/mol. The van der Waals surface area contributed by atoms with Crippen LogP contribution in [0.5, 0.6) is 0 Å². The molecule has 2 heterocycles. The van der Waals surface area contributed by atoms with Gasteiger partial charge >= 0.3 is 5.97 Å². The van der Waals surface area contributed by atoms with Crippen LogP contribution in [0.3, 0.4) is 0 Å². The van der Waals surface area contributed by atoms with Gasteiger partial charge in [0.05, 0.1) is 17.0 Å². The Morgan fingerprint density at radius 3 is 3.22 bits per heavy atom. The third kappa shape index (κ3) is 3.28. The van der Waals surface area contributed by atoms with Crippen molar-refractivity contribution in [3.8, 4) is 0 Å². The lowest BCUT2D eigenvalue weighted by atomic mass is 10.2. The molecular weight excluding hydrogens is 250 g/mol. The topological polar surface area (TPSA) is 54.5 Å². The number of thiazole rings is 1. The first-order valence-corrected chi connectivity index (χ1v) is 7.20. The molecule has 0 bridgehead atoms. The van der Waals surface area contributed by atoms with Crippen LogP contribution < -0.4 is 5.32 Å². The van der Waals surface area contributed by atoms with E-state index >= 15 is 0 Å². The summed E-state index contributed by atoms with van der Waals surface area (Å²) in [7, 11) is 0. The Labute approximate surface area is 111 Å². The molecular formula is C12H19N3O2S. The van der Waals surface area contributed by atoms with Gasteiger partial charge in [-0.3, -0.25) is 9.88 Å². The second-order valence-corrected chi connectivity index (χ2v) is 5.12. The molecule has 1 fully saturated rings. The number of ether oxygens (including phenoxy) is 1. The molecule has 0 saturated carbocycles. The first-order chi connectivity index (χ1) is 8.83. The van der Waals surface area contributed by atoms with Crippen molar-refractivity contribution in [2.45, 2.75) is 19.4 Å². The third-order valence-electron chi connectivity index (χ3n) is 2.97. The van der Waals surface area contributed by atoms with E-state index < -0.39 is 0 Å². The quantitative estimate of drug-likeness (QED) is 0.828. The van der Waals surface area contributed by atoms with E-state index in [4.69, 9.17) is 4.74 Å². The molecule has 1 atom stereocenters. The minimum atomic E-state index is -0.294. The molecule has 2 rings (SSSR count). The molecule has 1 aliphatic rings. The van der Waals surface area contributed by atoms with Gasteiger partial charge in [-0.1, -0.05) is 0 Å². The van der Waals surface area contributed by atoms with E-state index in [2.05, 4.69) is 15.2 Å². The number of aromatic nitrogens is 1. The second-order valence-electron chi connectivity index (χ2n) is 4.20. The van der Waals surface area contributed by atoms with Gasteiger partial charge in [0, 0.05) is 25.8 Å². The second kappa shape index (κ2) is 6.82. The molecule has 1 unspecified atom stereocenters. The summed E-state index contributed by atoms with van der Waals surface area (Å²) in [6.07, 6.45) is 2.82. The smallest absolute Gasteiger partial charge is 0.328 e. The largest absolute Gasteiger partial charge is 0.465 e. The van der Waals surface area contributed by atoms with Gasteiger partial charge in [0.15, 0.2) is 0 Å². The van der Waals surface area contributed by atoms with Crippen molar-refractivity contribution in [3.05, 3.63) is 16.6 Å². The van der Waals surface area contributed by atoms with E-state index in [1.165, 1.54) is 11.3 Å². The summed E-state index contributed by atoms with van der Waals surface area (Å²) in [6, 6.07) is -0.294. The Balaban J connectivity index is 2.15. The van der Waals surface area contributed by atoms with Crippen LogP contribution in [0.15, 0.2) is 11.7 Å². The van der Waals surface area contributed by atoms with Gasteiger partial charge in [-0.15, -0.1) is 11.3 Å². The Kier molecular flexibility index (Phi) is 5.10. The highest BCUT2D eigenvalue weighted by Crippen LogP contribution is 2.25. The molecule has 1 N–H and O–H groups in total. The number of esters is 1. The lowest BCUT2D eigenvalue weighted by Crippen LogP contribution is -2.37. The number of hydrogen-bond donors (Lipinski definition) is 1. The first-order valence-electron chi connectivity index (χ1n) is 6.32. The maximum atomic E-state index is 12.1. The summed E-state index contributed by atoms with van der Waals surface area (Å²) < 4.78 is 5.20. The summed E-state index contributed by atoms with van der Waals surface area (Å²) >= 11 is 1.51. The maximum Gasteiger partial charge on any atom is 0.328 e. The molecule has 1 aromatic heterocycles. The summed E-state index contributed by atoms with van der Waals surface area (Å²) in [5.41, 5.74) is 1.76. The summed E-state index contributed by atoms with van der Waals surface area (Å²) in [5.74, 6) is -0.163. The highest BCUT2D eigenvalue weighted by molar-refractivity contribution is 7.09. The average molecular weight is 269 g/mol. The van der Waals surface area contributed by atoms with Crippen LogP contribution in [0.25, 0.3) is 0 Å². The lowest BCUT2D eigenvalue weighted by Gasteiger charge is -2.27. The predicted octanol–water partition coefficient (Wildman–Crippen LogP) is 1.04. The average Bonchev–Trinajstić information content (AvgIpc) is 2.74. The Morgan fingerprint density at radius 2 is 2.50 bits per heavy atom. The van der Waals surface area contributed by atoms with E-state index in [-0.39, 0.29) is 12.0 Å². The van der Waals surface area contributed by atoms with Crippen LogP contribution in [0.2, 0.25) is 0 Å². The zero-order chi connectivity index (χ0) is 12.8.